The van der Waals surface area contributed by atoms with E-state index in [4.69, 9.17) is 0 Å². The quantitative estimate of drug-likeness (QED) is 0.838. The van der Waals surface area contributed by atoms with Crippen LogP contribution in [0.4, 0.5) is 0 Å². The maximum absolute atomic E-state index is 11.7. The molecule has 2 aliphatic rings. The predicted molar refractivity (Wildman–Crippen MR) is 88.7 cm³/mol. The van der Waals surface area contributed by atoms with Gasteiger partial charge in [-0.2, -0.15) is 0 Å². The molecular weight excluding hydrogens is 350 g/mol. The van der Waals surface area contributed by atoms with E-state index < -0.39 is 5.97 Å². The number of carboxylic acids is 1. The van der Waals surface area contributed by atoms with Crippen molar-refractivity contribution in [2.24, 2.45) is 5.92 Å². The zero-order chi connectivity index (χ0) is 15.0. The van der Waals surface area contributed by atoms with Crippen LogP contribution in [-0.4, -0.2) is 28.1 Å². The molecule has 0 spiro atoms. The monoisotopic (exact) mass is 371 g/mol. The molecule has 3 rings (SSSR count). The van der Waals surface area contributed by atoms with Gasteiger partial charge in [-0.3, -0.25) is 9.69 Å². The molecule has 0 amide bonds. The van der Waals surface area contributed by atoms with Crippen molar-refractivity contribution in [3.63, 3.8) is 0 Å². The van der Waals surface area contributed by atoms with Gasteiger partial charge in [-0.15, -0.1) is 11.3 Å². The lowest BCUT2D eigenvalue weighted by molar-refractivity contribution is -0.150. The molecule has 2 fully saturated rings. The molecule has 1 aliphatic carbocycles. The first kappa shape index (κ1) is 15.5. The molecule has 1 N–H and O–H groups in total. The average Bonchev–Trinajstić information content (AvgIpc) is 2.91. The van der Waals surface area contributed by atoms with Gasteiger partial charge in [0.25, 0.3) is 0 Å². The van der Waals surface area contributed by atoms with E-state index in [1.165, 1.54) is 24.1 Å². The van der Waals surface area contributed by atoms with Gasteiger partial charge in [-0.05, 0) is 60.5 Å². The number of fused-ring (bicyclic) bond motifs is 1. The Morgan fingerprint density at radius 3 is 2.81 bits per heavy atom. The normalized spacial score (nSPS) is 31.6. The fourth-order valence-corrected chi connectivity index (χ4v) is 5.68. The fraction of sp³-hybridized carbons (Fsp3) is 0.688. The highest BCUT2D eigenvalue weighted by Gasteiger charge is 2.43. The molecule has 116 valence electrons. The largest absolute Gasteiger partial charge is 0.480 e. The molecule has 0 aromatic carbocycles. The van der Waals surface area contributed by atoms with Crippen molar-refractivity contribution in [1.82, 2.24) is 4.90 Å². The number of likely N-dealkylation sites (tertiary alicyclic amines) is 1. The molecule has 1 aromatic rings. The van der Waals surface area contributed by atoms with Crippen molar-refractivity contribution in [2.75, 3.05) is 0 Å². The lowest BCUT2D eigenvalue weighted by Crippen LogP contribution is -2.55. The smallest absolute Gasteiger partial charge is 0.320 e. The molecule has 2 heterocycles. The standard InChI is InChI=1S/C16H22BrNO2S/c1-10(15-8-12(17)9-21-15)18-13-5-3-2-4-11(13)6-7-14(18)16(19)20/h8-11,13-14H,2-7H2,1H3,(H,19,20). The minimum atomic E-state index is -0.651. The maximum atomic E-state index is 11.7. The van der Waals surface area contributed by atoms with Gasteiger partial charge in [0, 0.05) is 26.8 Å². The second-order valence-corrected chi connectivity index (χ2v) is 8.19. The van der Waals surface area contributed by atoms with Crippen molar-refractivity contribution in [3.05, 3.63) is 20.8 Å². The minimum absolute atomic E-state index is 0.188. The van der Waals surface area contributed by atoms with Gasteiger partial charge in [0.05, 0.1) is 0 Å². The number of carboxylic acid groups (broad SMARTS) is 1. The van der Waals surface area contributed by atoms with E-state index in [-0.39, 0.29) is 12.1 Å². The average molecular weight is 372 g/mol. The van der Waals surface area contributed by atoms with Crippen LogP contribution in [0, 0.1) is 5.92 Å². The maximum Gasteiger partial charge on any atom is 0.320 e. The summed E-state index contributed by atoms with van der Waals surface area (Å²) in [6, 6.07) is 2.46. The van der Waals surface area contributed by atoms with Gasteiger partial charge in [-0.1, -0.05) is 12.8 Å². The van der Waals surface area contributed by atoms with Gasteiger partial charge in [0.15, 0.2) is 0 Å². The summed E-state index contributed by atoms with van der Waals surface area (Å²) in [5.41, 5.74) is 0. The van der Waals surface area contributed by atoms with E-state index in [1.807, 2.05) is 0 Å². The summed E-state index contributed by atoms with van der Waals surface area (Å²) in [6.07, 6.45) is 6.86. The minimum Gasteiger partial charge on any atom is -0.480 e. The zero-order valence-electron chi connectivity index (χ0n) is 12.3. The van der Waals surface area contributed by atoms with Crippen molar-refractivity contribution in [1.29, 1.82) is 0 Å². The highest BCUT2D eigenvalue weighted by molar-refractivity contribution is 9.10. The number of piperidine rings is 1. The van der Waals surface area contributed by atoms with Crippen LogP contribution >= 0.6 is 27.3 Å². The summed E-state index contributed by atoms with van der Waals surface area (Å²) in [6.45, 7) is 2.17. The number of hydrogen-bond donors (Lipinski definition) is 1. The Hall–Kier alpha value is -0.390. The first-order chi connectivity index (χ1) is 10.1. The molecule has 1 aliphatic heterocycles. The summed E-state index contributed by atoms with van der Waals surface area (Å²) in [5, 5.41) is 11.7. The Morgan fingerprint density at radius 2 is 2.14 bits per heavy atom. The Labute approximate surface area is 138 Å². The van der Waals surface area contributed by atoms with Gasteiger partial charge >= 0.3 is 5.97 Å². The third-order valence-corrected chi connectivity index (χ3v) is 7.02. The van der Waals surface area contributed by atoms with Gasteiger partial charge in [0.2, 0.25) is 0 Å². The third-order valence-electron chi connectivity index (χ3n) is 5.15. The molecule has 3 nitrogen and oxygen atoms in total. The lowest BCUT2D eigenvalue weighted by atomic mass is 9.75. The number of thiophene rings is 1. The molecule has 1 saturated carbocycles. The molecule has 1 aromatic heterocycles. The van der Waals surface area contributed by atoms with Gasteiger partial charge < -0.3 is 5.11 Å². The van der Waals surface area contributed by atoms with Crippen LogP contribution in [0.15, 0.2) is 15.9 Å². The van der Waals surface area contributed by atoms with Gasteiger partial charge in [-0.25, -0.2) is 0 Å². The van der Waals surface area contributed by atoms with Crippen molar-refractivity contribution >= 4 is 33.2 Å². The highest BCUT2D eigenvalue weighted by Crippen LogP contribution is 2.43. The van der Waals surface area contributed by atoms with Crippen LogP contribution in [0.5, 0.6) is 0 Å². The fourth-order valence-electron chi connectivity index (χ4n) is 4.17. The predicted octanol–water partition coefficient (Wildman–Crippen LogP) is 4.68. The Kier molecular flexibility index (Phi) is 4.71. The number of hydrogen-bond acceptors (Lipinski definition) is 3. The number of nitrogens with zero attached hydrogens (tertiary/aromatic N) is 1. The third kappa shape index (κ3) is 3.06. The van der Waals surface area contributed by atoms with E-state index in [1.54, 1.807) is 11.3 Å². The molecule has 1 saturated heterocycles. The van der Waals surface area contributed by atoms with Gasteiger partial charge in [0.1, 0.15) is 6.04 Å². The molecule has 21 heavy (non-hydrogen) atoms. The summed E-state index contributed by atoms with van der Waals surface area (Å²) >= 11 is 5.24. The zero-order valence-corrected chi connectivity index (χ0v) is 14.7. The van der Waals surface area contributed by atoms with Crippen molar-refractivity contribution in [3.8, 4) is 0 Å². The molecular formula is C16H22BrNO2S. The van der Waals surface area contributed by atoms with Crippen molar-refractivity contribution in [2.45, 2.75) is 63.6 Å². The van der Waals surface area contributed by atoms with E-state index in [0.29, 0.717) is 12.0 Å². The first-order valence-electron chi connectivity index (χ1n) is 7.82. The second-order valence-electron chi connectivity index (χ2n) is 6.33. The molecule has 4 unspecified atom stereocenters. The van der Waals surface area contributed by atoms with Crippen LogP contribution in [0.1, 0.15) is 56.4 Å². The number of carbonyl (C=O) groups is 1. The topological polar surface area (TPSA) is 40.5 Å². The van der Waals surface area contributed by atoms with Crippen molar-refractivity contribution < 1.29 is 9.90 Å². The number of halogens is 1. The van der Waals surface area contributed by atoms with E-state index >= 15 is 0 Å². The number of aliphatic carboxylic acids is 1. The summed E-state index contributed by atoms with van der Waals surface area (Å²) in [7, 11) is 0. The Bertz CT molecular complexity index is 518. The van der Waals surface area contributed by atoms with Crippen LogP contribution in [0.2, 0.25) is 0 Å². The summed E-state index contributed by atoms with van der Waals surface area (Å²) in [5.74, 6) is 0.0432. The first-order valence-corrected chi connectivity index (χ1v) is 9.49. The SMILES string of the molecule is CC(c1cc(Br)cs1)N1C(C(=O)O)CCC2CCCCC21. The molecule has 0 bridgehead atoms. The van der Waals surface area contributed by atoms with E-state index in [2.05, 4.69) is 39.2 Å². The van der Waals surface area contributed by atoms with Crippen LogP contribution in [0.3, 0.4) is 0 Å². The summed E-state index contributed by atoms with van der Waals surface area (Å²) < 4.78 is 1.10. The molecule has 5 heteroatoms. The highest BCUT2D eigenvalue weighted by atomic mass is 79.9. The second kappa shape index (κ2) is 6.39. The van der Waals surface area contributed by atoms with Crippen LogP contribution in [-0.2, 0) is 4.79 Å². The Balaban J connectivity index is 1.90. The molecule has 4 atom stereocenters. The Morgan fingerprint density at radius 1 is 1.38 bits per heavy atom. The van der Waals surface area contributed by atoms with E-state index in [0.717, 1.165) is 23.7 Å². The van der Waals surface area contributed by atoms with E-state index in [9.17, 15) is 9.90 Å². The van der Waals surface area contributed by atoms with Crippen LogP contribution < -0.4 is 0 Å². The summed E-state index contributed by atoms with van der Waals surface area (Å²) in [4.78, 5) is 15.3. The number of rotatable bonds is 3. The lowest BCUT2D eigenvalue weighted by Gasteiger charge is -2.49. The van der Waals surface area contributed by atoms with Crippen LogP contribution in [0.25, 0.3) is 0 Å². The molecule has 0 radical (unpaired) electrons.